The summed E-state index contributed by atoms with van der Waals surface area (Å²) in [6.45, 7) is 0.105. The molecule has 2 amide bonds. The number of benzene rings is 2. The van der Waals surface area contributed by atoms with Crippen LogP contribution in [-0.2, 0) is 20.6 Å². The molecule has 0 aliphatic carbocycles. The summed E-state index contributed by atoms with van der Waals surface area (Å²) in [4.78, 5) is 25.0. The van der Waals surface area contributed by atoms with Gasteiger partial charge in [0.25, 0.3) is 5.91 Å². The second-order valence-corrected chi connectivity index (χ2v) is 8.55. The van der Waals surface area contributed by atoms with Crippen molar-refractivity contribution in [3.8, 4) is 11.5 Å². The van der Waals surface area contributed by atoms with E-state index in [-0.39, 0.29) is 22.0 Å². The topological polar surface area (TPSA) is 102 Å². The van der Waals surface area contributed by atoms with E-state index in [4.69, 9.17) is 21.1 Å². The number of carbonyl (C=O) groups is 2. The molecule has 4 rings (SSSR count). The van der Waals surface area contributed by atoms with Crippen LogP contribution < -0.4 is 14.8 Å². The van der Waals surface area contributed by atoms with Crippen molar-refractivity contribution in [2.45, 2.75) is 5.75 Å². The Balaban J connectivity index is 1.55. The van der Waals surface area contributed by atoms with Crippen molar-refractivity contribution in [1.29, 1.82) is 0 Å². The zero-order valence-electron chi connectivity index (χ0n) is 14.5. The quantitative estimate of drug-likeness (QED) is 0.812. The number of amides is 2. The van der Waals surface area contributed by atoms with Gasteiger partial charge in [0, 0.05) is 17.7 Å². The fourth-order valence-corrected chi connectivity index (χ4v) is 4.71. The van der Waals surface area contributed by atoms with E-state index in [0.29, 0.717) is 34.6 Å². The van der Waals surface area contributed by atoms with Crippen LogP contribution in [0.5, 0.6) is 11.5 Å². The fourth-order valence-electron chi connectivity index (χ4n) is 3.04. The summed E-state index contributed by atoms with van der Waals surface area (Å²) < 4.78 is 36.4. The Morgan fingerprint density at radius 1 is 1.14 bits per heavy atom. The van der Waals surface area contributed by atoms with Crippen LogP contribution in [0.15, 0.2) is 36.4 Å². The molecule has 1 N–H and O–H groups in total. The first kappa shape index (κ1) is 18.6. The Kier molecular flexibility index (Phi) is 4.64. The number of sulfonamides is 1. The number of nitrogens with one attached hydrogen (secondary N) is 1. The smallest absolute Gasteiger partial charge is 0.268 e. The van der Waals surface area contributed by atoms with E-state index >= 15 is 0 Å². The van der Waals surface area contributed by atoms with Gasteiger partial charge in [-0.3, -0.25) is 9.59 Å². The lowest BCUT2D eigenvalue weighted by atomic mass is 10.1. The number of hydrogen-bond donors (Lipinski definition) is 1. The molecule has 2 aromatic rings. The molecule has 0 fully saturated rings. The van der Waals surface area contributed by atoms with Crippen LogP contribution in [0.1, 0.15) is 15.9 Å². The minimum absolute atomic E-state index is 0.204. The van der Waals surface area contributed by atoms with Crippen molar-refractivity contribution in [3.63, 3.8) is 0 Å². The highest BCUT2D eigenvalue weighted by Gasteiger charge is 2.37. The molecular formula is C18H15ClN2O6S. The van der Waals surface area contributed by atoms with Crippen molar-refractivity contribution in [2.24, 2.45) is 0 Å². The molecule has 2 heterocycles. The number of nitrogens with zero attached hydrogens (tertiary/aromatic N) is 1. The molecule has 0 radical (unpaired) electrons. The molecule has 0 spiro atoms. The molecule has 0 bridgehead atoms. The minimum atomic E-state index is -3.95. The summed E-state index contributed by atoms with van der Waals surface area (Å²) in [7, 11) is -3.95. The van der Waals surface area contributed by atoms with Gasteiger partial charge in [-0.2, -0.15) is 0 Å². The van der Waals surface area contributed by atoms with Crippen molar-refractivity contribution in [3.05, 3.63) is 52.5 Å². The van der Waals surface area contributed by atoms with Crippen LogP contribution in [0.3, 0.4) is 0 Å². The monoisotopic (exact) mass is 422 g/mol. The van der Waals surface area contributed by atoms with Crippen molar-refractivity contribution < 1.29 is 27.5 Å². The maximum atomic E-state index is 12.6. The van der Waals surface area contributed by atoms with Gasteiger partial charge in [-0.15, -0.1) is 0 Å². The number of fused-ring (bicyclic) bond motifs is 2. The number of halogens is 1. The summed E-state index contributed by atoms with van der Waals surface area (Å²) in [5.74, 6) is -0.895. The molecule has 0 saturated heterocycles. The highest BCUT2D eigenvalue weighted by molar-refractivity contribution is 7.89. The third-order valence-electron chi connectivity index (χ3n) is 4.34. The van der Waals surface area contributed by atoms with Gasteiger partial charge in [-0.25, -0.2) is 12.7 Å². The first-order valence-electron chi connectivity index (χ1n) is 8.37. The predicted molar refractivity (Wildman–Crippen MR) is 101 cm³/mol. The van der Waals surface area contributed by atoms with Crippen LogP contribution in [0.4, 0.5) is 5.69 Å². The van der Waals surface area contributed by atoms with E-state index in [1.165, 1.54) is 18.2 Å². The average molecular weight is 423 g/mol. The summed E-state index contributed by atoms with van der Waals surface area (Å²) in [6, 6.07) is 9.42. The molecule has 0 aromatic heterocycles. The Morgan fingerprint density at radius 3 is 2.57 bits per heavy atom. The standard InChI is InChI=1S/C18H15ClN2O6S/c19-13-7-15-16(27-6-5-26-15)8-14(13)20-17(22)9-21-18(23)12-4-2-1-3-11(12)10-28(21,24)25/h1-4,7-8H,5-6,9-10H2,(H,20,22). The van der Waals surface area contributed by atoms with Gasteiger partial charge in [0.2, 0.25) is 15.9 Å². The van der Waals surface area contributed by atoms with E-state index in [1.807, 2.05) is 0 Å². The Hall–Kier alpha value is -2.78. The van der Waals surface area contributed by atoms with E-state index in [9.17, 15) is 18.0 Å². The molecule has 0 saturated carbocycles. The SMILES string of the molecule is O=C(CN1C(=O)c2ccccc2CS1(=O)=O)Nc1cc2c(cc1Cl)OCCO2. The second-order valence-electron chi connectivity index (χ2n) is 6.25. The maximum Gasteiger partial charge on any atom is 0.268 e. The van der Waals surface area contributed by atoms with E-state index in [2.05, 4.69) is 5.32 Å². The number of hydrogen-bond acceptors (Lipinski definition) is 6. The average Bonchev–Trinajstić information content (AvgIpc) is 2.65. The van der Waals surface area contributed by atoms with E-state index in [1.54, 1.807) is 18.2 Å². The normalized spacial score (nSPS) is 17.0. The summed E-state index contributed by atoms with van der Waals surface area (Å²) in [6.07, 6.45) is 0. The lowest BCUT2D eigenvalue weighted by Crippen LogP contribution is -2.45. The lowest BCUT2D eigenvalue weighted by molar-refractivity contribution is -0.116. The highest BCUT2D eigenvalue weighted by atomic mass is 35.5. The van der Waals surface area contributed by atoms with Gasteiger partial charge in [-0.1, -0.05) is 29.8 Å². The molecular weight excluding hydrogens is 408 g/mol. The van der Waals surface area contributed by atoms with Crippen molar-refractivity contribution >= 4 is 39.1 Å². The molecule has 2 aliphatic rings. The summed E-state index contributed by atoms with van der Waals surface area (Å²) in [5.41, 5.74) is 0.916. The molecule has 2 aliphatic heterocycles. The third kappa shape index (κ3) is 3.38. The third-order valence-corrected chi connectivity index (χ3v) is 6.30. The van der Waals surface area contributed by atoms with E-state index < -0.39 is 28.4 Å². The first-order chi connectivity index (χ1) is 13.3. The zero-order valence-corrected chi connectivity index (χ0v) is 16.0. The van der Waals surface area contributed by atoms with Crippen LogP contribution in [-0.4, -0.2) is 44.3 Å². The number of anilines is 1. The Labute approximate surface area is 166 Å². The molecule has 0 unspecified atom stereocenters. The number of carbonyl (C=O) groups excluding carboxylic acids is 2. The molecule has 0 atom stereocenters. The second kappa shape index (κ2) is 6.99. The van der Waals surface area contributed by atoms with Gasteiger partial charge < -0.3 is 14.8 Å². The van der Waals surface area contributed by atoms with Crippen LogP contribution in [0, 0.1) is 0 Å². The minimum Gasteiger partial charge on any atom is -0.486 e. The first-order valence-corrected chi connectivity index (χ1v) is 10.4. The van der Waals surface area contributed by atoms with Gasteiger partial charge in [0.1, 0.15) is 19.8 Å². The van der Waals surface area contributed by atoms with Gasteiger partial charge >= 0.3 is 0 Å². The highest BCUT2D eigenvalue weighted by Crippen LogP contribution is 2.38. The van der Waals surface area contributed by atoms with Crippen LogP contribution in [0.2, 0.25) is 5.02 Å². The Morgan fingerprint density at radius 2 is 1.82 bits per heavy atom. The number of ether oxygens (including phenoxy) is 2. The summed E-state index contributed by atoms with van der Waals surface area (Å²) in [5, 5.41) is 2.73. The molecule has 28 heavy (non-hydrogen) atoms. The summed E-state index contributed by atoms with van der Waals surface area (Å²) >= 11 is 6.15. The largest absolute Gasteiger partial charge is 0.486 e. The zero-order chi connectivity index (χ0) is 19.9. The van der Waals surface area contributed by atoms with Crippen molar-refractivity contribution in [2.75, 3.05) is 25.1 Å². The Bertz CT molecular complexity index is 1090. The predicted octanol–water partition coefficient (Wildman–Crippen LogP) is 2.04. The van der Waals surface area contributed by atoms with Crippen molar-refractivity contribution in [1.82, 2.24) is 4.31 Å². The molecule has 8 nitrogen and oxygen atoms in total. The molecule has 10 heteroatoms. The van der Waals surface area contributed by atoms with Gasteiger partial charge in [0.15, 0.2) is 11.5 Å². The van der Waals surface area contributed by atoms with Gasteiger partial charge in [0.05, 0.1) is 16.5 Å². The fraction of sp³-hybridized carbons (Fsp3) is 0.222. The van der Waals surface area contributed by atoms with Crippen LogP contribution >= 0.6 is 11.6 Å². The lowest BCUT2D eigenvalue weighted by Gasteiger charge is -2.27. The van der Waals surface area contributed by atoms with Crippen LogP contribution in [0.25, 0.3) is 0 Å². The maximum absolute atomic E-state index is 12.6. The van der Waals surface area contributed by atoms with Gasteiger partial charge in [-0.05, 0) is 11.6 Å². The van der Waals surface area contributed by atoms with E-state index in [0.717, 1.165) is 0 Å². The number of rotatable bonds is 3. The molecule has 2 aromatic carbocycles. The molecule has 146 valence electrons.